The molecule has 1 aliphatic rings. The van der Waals surface area contributed by atoms with Gasteiger partial charge in [-0.05, 0) is 64.4 Å². The number of primary amides is 1. The summed E-state index contributed by atoms with van der Waals surface area (Å²) in [5, 5.41) is 6.63. The van der Waals surface area contributed by atoms with Gasteiger partial charge in [0.15, 0.2) is 17.5 Å². The van der Waals surface area contributed by atoms with Crippen LogP contribution in [0.1, 0.15) is 32.6 Å². The molecule has 2 rings (SSSR count). The van der Waals surface area contributed by atoms with Crippen LogP contribution in [0, 0.1) is 5.92 Å². The highest BCUT2D eigenvalue weighted by atomic mass is 127. The number of guanidine groups is 1. The van der Waals surface area contributed by atoms with Gasteiger partial charge in [0.05, 0.1) is 13.7 Å². The van der Waals surface area contributed by atoms with Crippen molar-refractivity contribution in [3.05, 3.63) is 18.2 Å². The van der Waals surface area contributed by atoms with Crippen molar-refractivity contribution in [3.63, 3.8) is 0 Å². The number of rotatable bonds is 10. The lowest BCUT2D eigenvalue weighted by atomic mass is 9.96. The number of nitrogens with two attached hydrogens (primary N) is 1. The number of unbranched alkanes of at least 4 members (excludes halogenated alkanes) is 1. The molecule has 30 heavy (non-hydrogen) atoms. The average Bonchev–Trinajstić information content (AvgIpc) is 2.73. The Bertz CT molecular complexity index is 679. The van der Waals surface area contributed by atoms with Gasteiger partial charge < -0.3 is 30.7 Å². The maximum atomic E-state index is 11.2. The Morgan fingerprint density at radius 2 is 2.00 bits per heavy atom. The van der Waals surface area contributed by atoms with Crippen LogP contribution in [0.15, 0.2) is 23.2 Å². The molecule has 0 radical (unpaired) electrons. The number of benzene rings is 1. The lowest BCUT2D eigenvalue weighted by Gasteiger charge is -2.30. The maximum absolute atomic E-state index is 11.2. The molecule has 1 heterocycles. The van der Waals surface area contributed by atoms with E-state index in [1.807, 2.05) is 25.1 Å². The third-order valence-corrected chi connectivity index (χ3v) is 5.13. The fourth-order valence-electron chi connectivity index (χ4n) is 3.45. The van der Waals surface area contributed by atoms with E-state index in [1.54, 1.807) is 14.2 Å². The van der Waals surface area contributed by atoms with Gasteiger partial charge in [-0.2, -0.15) is 0 Å². The maximum Gasteiger partial charge on any atom is 0.220 e. The minimum absolute atomic E-state index is 0. The number of carbonyl (C=O) groups excluding carboxylic acids is 1. The highest BCUT2D eigenvalue weighted by Crippen LogP contribution is 2.30. The molecule has 1 aliphatic heterocycles. The number of amides is 1. The predicted molar refractivity (Wildman–Crippen MR) is 132 cm³/mol. The molecule has 8 nitrogen and oxygen atoms in total. The molecule has 0 aromatic heterocycles. The second-order valence-electron chi connectivity index (χ2n) is 7.15. The van der Waals surface area contributed by atoms with Gasteiger partial charge in [0.1, 0.15) is 0 Å². The van der Waals surface area contributed by atoms with Gasteiger partial charge >= 0.3 is 0 Å². The van der Waals surface area contributed by atoms with Crippen molar-refractivity contribution in [1.82, 2.24) is 10.2 Å². The van der Waals surface area contributed by atoms with E-state index in [1.165, 1.54) is 0 Å². The first-order chi connectivity index (χ1) is 14.1. The van der Waals surface area contributed by atoms with Crippen LogP contribution in [0.4, 0.5) is 5.69 Å². The van der Waals surface area contributed by atoms with Crippen LogP contribution in [0.3, 0.4) is 0 Å². The summed E-state index contributed by atoms with van der Waals surface area (Å²) in [5.41, 5.74) is 6.28. The summed E-state index contributed by atoms with van der Waals surface area (Å²) in [6.45, 7) is 6.34. The van der Waals surface area contributed by atoms with E-state index in [-0.39, 0.29) is 35.8 Å². The van der Waals surface area contributed by atoms with E-state index in [0.717, 1.165) is 63.5 Å². The number of nitrogens with one attached hydrogen (secondary N) is 2. The summed E-state index contributed by atoms with van der Waals surface area (Å²) in [6, 6.07) is 5.72. The van der Waals surface area contributed by atoms with Crippen molar-refractivity contribution < 1.29 is 14.3 Å². The molecule has 0 spiro atoms. The van der Waals surface area contributed by atoms with E-state index >= 15 is 0 Å². The lowest BCUT2D eigenvalue weighted by molar-refractivity contribution is -0.123. The lowest BCUT2D eigenvalue weighted by Crippen LogP contribution is -2.39. The third-order valence-electron chi connectivity index (χ3n) is 5.13. The molecule has 1 saturated heterocycles. The van der Waals surface area contributed by atoms with Crippen molar-refractivity contribution in [3.8, 4) is 11.5 Å². The van der Waals surface area contributed by atoms with Gasteiger partial charge in [0.25, 0.3) is 0 Å². The molecule has 1 aromatic carbocycles. The van der Waals surface area contributed by atoms with Crippen LogP contribution in [0.25, 0.3) is 0 Å². The molecule has 0 unspecified atom stereocenters. The number of likely N-dealkylation sites (tertiary alicyclic amines) is 1. The molecule has 1 fully saturated rings. The van der Waals surface area contributed by atoms with Gasteiger partial charge in [0.2, 0.25) is 5.91 Å². The molecule has 0 bridgehead atoms. The van der Waals surface area contributed by atoms with Gasteiger partial charge in [-0.25, -0.2) is 0 Å². The molecular formula is C21H36IN5O3. The second-order valence-corrected chi connectivity index (χ2v) is 7.15. The topological polar surface area (TPSA) is 101 Å². The van der Waals surface area contributed by atoms with Gasteiger partial charge in [-0.15, -0.1) is 24.0 Å². The number of methoxy groups -OCH3 is 1. The summed E-state index contributed by atoms with van der Waals surface area (Å²) in [4.78, 5) is 17.9. The Balaban J connectivity index is 0.00000450. The fourth-order valence-corrected chi connectivity index (χ4v) is 3.45. The van der Waals surface area contributed by atoms with Crippen LogP contribution >= 0.6 is 24.0 Å². The van der Waals surface area contributed by atoms with Gasteiger partial charge in [-0.1, -0.05) is 0 Å². The van der Waals surface area contributed by atoms with Crippen LogP contribution in [0.5, 0.6) is 11.5 Å². The van der Waals surface area contributed by atoms with E-state index in [2.05, 4.69) is 20.5 Å². The number of halogens is 1. The van der Waals surface area contributed by atoms with E-state index < -0.39 is 0 Å². The average molecular weight is 533 g/mol. The number of carbonyl (C=O) groups is 1. The van der Waals surface area contributed by atoms with Crippen molar-refractivity contribution in [2.75, 3.05) is 52.3 Å². The number of ether oxygens (including phenoxy) is 2. The molecule has 4 N–H and O–H groups in total. The third kappa shape index (κ3) is 8.55. The number of nitrogens with zero attached hydrogens (tertiary/aromatic N) is 2. The van der Waals surface area contributed by atoms with E-state index in [0.29, 0.717) is 18.1 Å². The normalized spacial score (nSPS) is 15.2. The summed E-state index contributed by atoms with van der Waals surface area (Å²) in [7, 11) is 3.39. The van der Waals surface area contributed by atoms with Crippen LogP contribution in [-0.2, 0) is 4.79 Å². The van der Waals surface area contributed by atoms with Crippen LogP contribution < -0.4 is 25.8 Å². The Morgan fingerprint density at radius 3 is 2.60 bits per heavy atom. The summed E-state index contributed by atoms with van der Waals surface area (Å²) in [6.07, 6.45) is 3.91. The van der Waals surface area contributed by atoms with Crippen molar-refractivity contribution in [2.45, 2.75) is 32.6 Å². The molecule has 0 aliphatic carbocycles. The molecule has 0 saturated carbocycles. The second kappa shape index (κ2) is 14.3. The minimum Gasteiger partial charge on any atom is -0.493 e. The van der Waals surface area contributed by atoms with E-state index in [9.17, 15) is 4.79 Å². The molecule has 1 amide bonds. The molecule has 1 aromatic rings. The predicted octanol–water partition coefficient (Wildman–Crippen LogP) is 2.68. The smallest absolute Gasteiger partial charge is 0.220 e. The van der Waals surface area contributed by atoms with Crippen molar-refractivity contribution >= 4 is 41.5 Å². The van der Waals surface area contributed by atoms with Crippen molar-refractivity contribution in [2.24, 2.45) is 16.6 Å². The number of aliphatic imine (C=N–C) groups is 1. The molecule has 9 heteroatoms. The van der Waals surface area contributed by atoms with Crippen LogP contribution in [0.2, 0.25) is 0 Å². The quantitative estimate of drug-likeness (QED) is 0.185. The van der Waals surface area contributed by atoms with E-state index in [4.69, 9.17) is 15.2 Å². The number of hydrogen-bond donors (Lipinski definition) is 3. The monoisotopic (exact) mass is 533 g/mol. The minimum atomic E-state index is -0.155. The summed E-state index contributed by atoms with van der Waals surface area (Å²) < 4.78 is 10.9. The van der Waals surface area contributed by atoms with Gasteiger partial charge in [-0.3, -0.25) is 9.79 Å². The Morgan fingerprint density at radius 1 is 1.27 bits per heavy atom. The fraction of sp³-hybridized carbons (Fsp3) is 0.619. The summed E-state index contributed by atoms with van der Waals surface area (Å²) >= 11 is 0. The van der Waals surface area contributed by atoms with Gasteiger partial charge in [0, 0.05) is 31.3 Å². The number of hydrogen-bond acceptors (Lipinski definition) is 5. The first kappa shape index (κ1) is 26.3. The Hall–Kier alpha value is -1.75. The van der Waals surface area contributed by atoms with Crippen LogP contribution in [-0.4, -0.2) is 63.7 Å². The van der Waals surface area contributed by atoms with Crippen molar-refractivity contribution in [1.29, 1.82) is 0 Å². The first-order valence-corrected chi connectivity index (χ1v) is 10.4. The highest BCUT2D eigenvalue weighted by molar-refractivity contribution is 14.0. The standard InChI is InChI=1S/C21H35N5O3.HI/c1-4-29-19-15-17(7-8-18(19)28-3)25-21(23-2)24-11-5-6-12-26-13-9-16(10-14-26)20(22)27;/h7-8,15-16H,4-6,9-14H2,1-3H3,(H2,22,27)(H2,23,24,25);1H. The molecule has 170 valence electrons. The number of anilines is 1. The SMILES string of the molecule is CCOc1cc(NC(=NC)NCCCCN2CCC(C(N)=O)CC2)ccc1OC.I. The zero-order valence-electron chi connectivity index (χ0n) is 18.3. The zero-order valence-corrected chi connectivity index (χ0v) is 20.6. The Labute approximate surface area is 197 Å². The summed E-state index contributed by atoms with van der Waals surface area (Å²) in [5.74, 6) is 2.04. The Kier molecular flexibility index (Phi) is 12.5. The highest BCUT2D eigenvalue weighted by Gasteiger charge is 2.22. The molecule has 0 atom stereocenters. The first-order valence-electron chi connectivity index (χ1n) is 10.4. The largest absolute Gasteiger partial charge is 0.493 e. The number of piperidine rings is 1. The zero-order chi connectivity index (χ0) is 21.1. The molecular weight excluding hydrogens is 497 g/mol.